The molecule has 0 saturated carbocycles. The molecule has 2 aromatic heterocycles. The van der Waals surface area contributed by atoms with Crippen LogP contribution in [0.25, 0.3) is 15.9 Å². The monoisotopic (exact) mass is 542 g/mol. The normalized spacial score (nSPS) is 13.3. The summed E-state index contributed by atoms with van der Waals surface area (Å²) in [6, 6.07) is 14.6. The lowest BCUT2D eigenvalue weighted by Gasteiger charge is -2.13. The molecular formula is C25H20Cl2N4O2S2. The number of thiophene rings is 1. The number of hydrogen-bond donors (Lipinski definition) is 1. The lowest BCUT2D eigenvalue weighted by Crippen LogP contribution is -2.24. The predicted molar refractivity (Wildman–Crippen MR) is 145 cm³/mol. The molecule has 178 valence electrons. The van der Waals surface area contributed by atoms with Crippen molar-refractivity contribution in [2.24, 2.45) is 5.10 Å². The van der Waals surface area contributed by atoms with Crippen LogP contribution in [0, 0.1) is 0 Å². The second kappa shape index (κ2) is 10.5. The number of carbonyl (C=O) groups is 1. The summed E-state index contributed by atoms with van der Waals surface area (Å²) in [5.41, 5.74) is 4.87. The minimum atomic E-state index is -0.330. The number of amides is 1. The summed E-state index contributed by atoms with van der Waals surface area (Å²) < 4.78 is 1.61. The SMILES string of the molecule is O=C(CSc1nc2sc3c(c2c(=O)n1-c1ccccc1)CCCC3)N/N=C\c1cccc(Cl)c1Cl. The third-order valence-electron chi connectivity index (χ3n) is 5.68. The van der Waals surface area contributed by atoms with Gasteiger partial charge in [0.2, 0.25) is 0 Å². The highest BCUT2D eigenvalue weighted by Gasteiger charge is 2.23. The maximum atomic E-state index is 13.7. The summed E-state index contributed by atoms with van der Waals surface area (Å²) in [7, 11) is 0. The van der Waals surface area contributed by atoms with Crippen LogP contribution in [-0.2, 0) is 17.6 Å². The van der Waals surface area contributed by atoms with Crippen molar-refractivity contribution < 1.29 is 4.79 Å². The highest BCUT2D eigenvalue weighted by Crippen LogP contribution is 2.35. The molecule has 6 nitrogen and oxygen atoms in total. The molecule has 0 radical (unpaired) electrons. The maximum absolute atomic E-state index is 13.7. The summed E-state index contributed by atoms with van der Waals surface area (Å²) in [5.74, 6) is -0.292. The number of aromatic nitrogens is 2. The van der Waals surface area contributed by atoms with Gasteiger partial charge in [-0.1, -0.05) is 65.3 Å². The lowest BCUT2D eigenvalue weighted by atomic mass is 9.97. The third kappa shape index (κ3) is 5.02. The molecule has 0 saturated heterocycles. The van der Waals surface area contributed by atoms with E-state index in [-0.39, 0.29) is 17.2 Å². The number of hydrazone groups is 1. The van der Waals surface area contributed by atoms with Crippen molar-refractivity contribution in [3.63, 3.8) is 0 Å². The van der Waals surface area contributed by atoms with E-state index in [0.29, 0.717) is 26.2 Å². The van der Waals surface area contributed by atoms with Gasteiger partial charge in [-0.15, -0.1) is 11.3 Å². The molecule has 0 fully saturated rings. The van der Waals surface area contributed by atoms with Crippen molar-refractivity contribution in [2.75, 3.05) is 5.75 Å². The molecule has 0 atom stereocenters. The van der Waals surface area contributed by atoms with Crippen LogP contribution >= 0.6 is 46.3 Å². The van der Waals surface area contributed by atoms with E-state index in [0.717, 1.165) is 41.8 Å². The van der Waals surface area contributed by atoms with Gasteiger partial charge in [0.1, 0.15) is 4.83 Å². The number of halogens is 2. The van der Waals surface area contributed by atoms with E-state index in [1.807, 2.05) is 30.3 Å². The molecule has 1 aliphatic carbocycles. The number of carbonyl (C=O) groups excluding carboxylic acids is 1. The van der Waals surface area contributed by atoms with Gasteiger partial charge in [0.25, 0.3) is 11.5 Å². The summed E-state index contributed by atoms with van der Waals surface area (Å²) in [6.45, 7) is 0. The van der Waals surface area contributed by atoms with E-state index < -0.39 is 0 Å². The number of hydrogen-bond acceptors (Lipinski definition) is 6. The minimum Gasteiger partial charge on any atom is -0.272 e. The van der Waals surface area contributed by atoms with Crippen molar-refractivity contribution in [3.05, 3.63) is 84.9 Å². The number of para-hydroxylation sites is 1. The smallest absolute Gasteiger partial charge is 0.267 e. The van der Waals surface area contributed by atoms with Crippen LogP contribution in [0.2, 0.25) is 10.0 Å². The average molecular weight is 544 g/mol. The fourth-order valence-electron chi connectivity index (χ4n) is 4.04. The highest BCUT2D eigenvalue weighted by atomic mass is 35.5. The van der Waals surface area contributed by atoms with Gasteiger partial charge in [-0.25, -0.2) is 10.4 Å². The lowest BCUT2D eigenvalue weighted by molar-refractivity contribution is -0.118. The average Bonchev–Trinajstić information content (AvgIpc) is 3.24. The molecule has 2 heterocycles. The molecule has 35 heavy (non-hydrogen) atoms. The predicted octanol–water partition coefficient (Wildman–Crippen LogP) is 5.88. The van der Waals surface area contributed by atoms with E-state index >= 15 is 0 Å². The highest BCUT2D eigenvalue weighted by molar-refractivity contribution is 7.99. The number of rotatable bonds is 6. The number of thioether (sulfide) groups is 1. The van der Waals surface area contributed by atoms with Gasteiger partial charge in [-0.3, -0.25) is 14.2 Å². The summed E-state index contributed by atoms with van der Waals surface area (Å²) in [5, 5.41) is 5.95. The molecule has 10 heteroatoms. The number of nitrogens with zero attached hydrogens (tertiary/aromatic N) is 3. The molecule has 1 aliphatic rings. The summed E-state index contributed by atoms with van der Waals surface area (Å²) in [4.78, 5) is 33.0. The van der Waals surface area contributed by atoms with Crippen molar-refractivity contribution in [3.8, 4) is 5.69 Å². The van der Waals surface area contributed by atoms with E-state index in [1.54, 1.807) is 34.1 Å². The van der Waals surface area contributed by atoms with Crippen molar-refractivity contribution in [2.45, 2.75) is 30.8 Å². The fourth-order valence-corrected chi connectivity index (χ4v) is 6.51. The van der Waals surface area contributed by atoms with Gasteiger partial charge in [-0.05, 0) is 49.4 Å². The quantitative estimate of drug-likeness (QED) is 0.143. The Morgan fingerprint density at radius 3 is 2.77 bits per heavy atom. The Bertz CT molecular complexity index is 1500. The first-order valence-electron chi connectivity index (χ1n) is 11.0. The molecule has 0 aliphatic heterocycles. The van der Waals surface area contributed by atoms with Crippen molar-refractivity contribution in [1.82, 2.24) is 15.0 Å². The van der Waals surface area contributed by atoms with Crippen LogP contribution in [0.1, 0.15) is 28.8 Å². The van der Waals surface area contributed by atoms with Crippen LogP contribution in [0.4, 0.5) is 0 Å². The van der Waals surface area contributed by atoms with E-state index in [4.69, 9.17) is 28.2 Å². The zero-order valence-corrected chi connectivity index (χ0v) is 21.6. The standard InChI is InChI=1S/C25H20Cl2N4O2S2/c26-18-11-6-7-15(22(18)27)13-28-30-20(32)14-34-25-29-23-21(17-10-4-5-12-19(17)35-23)24(33)31(25)16-8-2-1-3-9-16/h1-3,6-9,11,13H,4-5,10,12,14H2,(H,30,32)/b28-13-. The Morgan fingerprint density at radius 1 is 1.14 bits per heavy atom. The van der Waals surface area contributed by atoms with Gasteiger partial charge < -0.3 is 0 Å². The van der Waals surface area contributed by atoms with Gasteiger partial charge >= 0.3 is 0 Å². The van der Waals surface area contributed by atoms with E-state index in [1.165, 1.54) is 22.9 Å². The zero-order valence-electron chi connectivity index (χ0n) is 18.5. The topological polar surface area (TPSA) is 76.3 Å². The molecular weight excluding hydrogens is 523 g/mol. The van der Waals surface area contributed by atoms with Crippen LogP contribution < -0.4 is 11.0 Å². The van der Waals surface area contributed by atoms with E-state index in [9.17, 15) is 9.59 Å². The Balaban J connectivity index is 1.41. The first-order chi connectivity index (χ1) is 17.0. The molecule has 1 amide bonds. The molecule has 1 N–H and O–H groups in total. The zero-order chi connectivity index (χ0) is 24.4. The largest absolute Gasteiger partial charge is 0.272 e. The molecule has 5 rings (SSSR count). The van der Waals surface area contributed by atoms with Crippen LogP contribution in [0.15, 0.2) is 63.6 Å². The Labute approximate surface area is 220 Å². The van der Waals surface area contributed by atoms with Gasteiger partial charge in [0.05, 0.1) is 33.1 Å². The second-order valence-electron chi connectivity index (χ2n) is 7.99. The number of fused-ring (bicyclic) bond motifs is 3. The summed E-state index contributed by atoms with van der Waals surface area (Å²) in [6.07, 6.45) is 5.55. The number of nitrogens with one attached hydrogen (secondary N) is 1. The molecule has 0 bridgehead atoms. The van der Waals surface area contributed by atoms with Crippen LogP contribution in [0.5, 0.6) is 0 Å². The van der Waals surface area contributed by atoms with Crippen molar-refractivity contribution >= 4 is 68.6 Å². The van der Waals surface area contributed by atoms with Gasteiger partial charge in [-0.2, -0.15) is 5.10 Å². The number of benzene rings is 2. The Morgan fingerprint density at radius 2 is 1.94 bits per heavy atom. The van der Waals surface area contributed by atoms with E-state index in [2.05, 4.69) is 10.5 Å². The minimum absolute atomic E-state index is 0.0382. The number of aryl methyl sites for hydroxylation is 2. The van der Waals surface area contributed by atoms with Gasteiger partial charge in [0.15, 0.2) is 5.16 Å². The Kier molecular flexibility index (Phi) is 7.24. The maximum Gasteiger partial charge on any atom is 0.267 e. The molecule has 4 aromatic rings. The second-order valence-corrected chi connectivity index (χ2v) is 10.8. The van der Waals surface area contributed by atoms with Gasteiger partial charge in [0, 0.05) is 10.4 Å². The Hall–Kier alpha value is -2.65. The first kappa shape index (κ1) is 24.1. The molecule has 0 unspecified atom stereocenters. The third-order valence-corrected chi connectivity index (χ3v) is 8.64. The molecule has 2 aromatic carbocycles. The van der Waals surface area contributed by atoms with Crippen LogP contribution in [-0.4, -0.2) is 27.4 Å². The van der Waals surface area contributed by atoms with Crippen molar-refractivity contribution in [1.29, 1.82) is 0 Å². The first-order valence-corrected chi connectivity index (χ1v) is 13.6. The van der Waals surface area contributed by atoms with Crippen LogP contribution in [0.3, 0.4) is 0 Å². The fraction of sp³-hybridized carbons (Fsp3) is 0.200. The molecule has 0 spiro atoms. The summed E-state index contributed by atoms with van der Waals surface area (Å²) >= 11 is 15.0.